The Kier molecular flexibility index (Phi) is 3.71. The highest BCUT2D eigenvalue weighted by atomic mass is 35.5. The van der Waals surface area contributed by atoms with Crippen molar-refractivity contribution in [1.82, 2.24) is 0 Å². The molecule has 0 atom stereocenters. The first-order valence-electron chi connectivity index (χ1n) is 4.01. The lowest BCUT2D eigenvalue weighted by Gasteiger charge is -2.07. The molecule has 1 aromatic carbocycles. The van der Waals surface area contributed by atoms with E-state index in [9.17, 15) is 17.6 Å². The van der Waals surface area contributed by atoms with Crippen LogP contribution in [0.1, 0.15) is 10.4 Å². The summed E-state index contributed by atoms with van der Waals surface area (Å²) in [5.74, 6) is -1.61. The molecule has 3 N–H and O–H groups in total. The van der Waals surface area contributed by atoms with Gasteiger partial charge in [0.2, 0.25) is 15.9 Å². The summed E-state index contributed by atoms with van der Waals surface area (Å²) >= 11 is 5.13. The summed E-state index contributed by atoms with van der Waals surface area (Å²) in [4.78, 5) is 10.8. The van der Waals surface area contributed by atoms with E-state index in [2.05, 4.69) is 0 Å². The zero-order valence-electron chi connectivity index (χ0n) is 7.91. The second-order valence-corrected chi connectivity index (χ2v) is 5.19. The molecule has 0 aliphatic heterocycles. The van der Waals surface area contributed by atoms with Crippen LogP contribution < -0.4 is 10.5 Å². The van der Waals surface area contributed by atoms with E-state index in [4.69, 9.17) is 17.3 Å². The lowest BCUT2D eigenvalue weighted by atomic mass is 10.2. The smallest absolute Gasteiger partial charge is 0.248 e. The predicted octanol–water partition coefficient (Wildman–Crippen LogP) is 0.863. The number of sulfonamides is 1. The number of benzene rings is 1. The Balaban J connectivity index is 3.13. The number of carbonyl (C=O) groups is 1. The second kappa shape index (κ2) is 4.67. The molecule has 1 amide bonds. The van der Waals surface area contributed by atoms with Gasteiger partial charge in [-0.3, -0.25) is 9.52 Å². The third kappa shape index (κ3) is 3.07. The minimum atomic E-state index is -3.81. The van der Waals surface area contributed by atoms with E-state index >= 15 is 0 Å². The Morgan fingerprint density at radius 1 is 1.50 bits per heavy atom. The number of primary amides is 1. The first-order valence-corrected chi connectivity index (χ1v) is 6.20. The quantitative estimate of drug-likeness (QED) is 0.792. The summed E-state index contributed by atoms with van der Waals surface area (Å²) in [6.07, 6.45) is 0. The van der Waals surface area contributed by atoms with E-state index in [1.807, 2.05) is 4.72 Å². The Morgan fingerprint density at radius 3 is 2.62 bits per heavy atom. The highest BCUT2D eigenvalue weighted by Gasteiger charge is 2.13. The maximum absolute atomic E-state index is 13.2. The van der Waals surface area contributed by atoms with Crippen molar-refractivity contribution in [3.63, 3.8) is 0 Å². The van der Waals surface area contributed by atoms with Crippen molar-refractivity contribution >= 4 is 33.2 Å². The van der Waals surface area contributed by atoms with Crippen LogP contribution in [0.25, 0.3) is 0 Å². The van der Waals surface area contributed by atoms with Crippen LogP contribution in [0.3, 0.4) is 0 Å². The van der Waals surface area contributed by atoms with Gasteiger partial charge in [-0.05, 0) is 18.2 Å². The molecule has 1 rings (SSSR count). The first kappa shape index (κ1) is 12.7. The number of amides is 1. The van der Waals surface area contributed by atoms with Gasteiger partial charge in [-0.1, -0.05) is 0 Å². The van der Waals surface area contributed by atoms with Crippen LogP contribution in [-0.2, 0) is 10.0 Å². The molecule has 0 aliphatic rings. The van der Waals surface area contributed by atoms with Crippen LogP contribution >= 0.6 is 11.6 Å². The molecule has 1 aromatic rings. The summed E-state index contributed by atoms with van der Waals surface area (Å²) in [5.41, 5.74) is 4.59. The van der Waals surface area contributed by atoms with E-state index in [-0.39, 0.29) is 11.3 Å². The van der Waals surface area contributed by atoms with Crippen molar-refractivity contribution in [2.24, 2.45) is 5.73 Å². The summed E-state index contributed by atoms with van der Waals surface area (Å²) in [6, 6.07) is 3.09. The number of alkyl halides is 1. The van der Waals surface area contributed by atoms with Gasteiger partial charge in [0.15, 0.2) is 0 Å². The van der Waals surface area contributed by atoms with Gasteiger partial charge < -0.3 is 5.73 Å². The highest BCUT2D eigenvalue weighted by Crippen LogP contribution is 2.17. The van der Waals surface area contributed by atoms with Crippen molar-refractivity contribution < 1.29 is 17.6 Å². The average Bonchev–Trinajstić information content (AvgIpc) is 2.21. The molecular weight excluding hydrogens is 259 g/mol. The number of halogens is 2. The first-order chi connectivity index (χ1) is 7.35. The van der Waals surface area contributed by atoms with Gasteiger partial charge in [0.05, 0.1) is 5.69 Å². The molecule has 0 heterocycles. The van der Waals surface area contributed by atoms with E-state index < -0.39 is 27.0 Å². The Morgan fingerprint density at radius 2 is 2.12 bits per heavy atom. The fourth-order valence-electron chi connectivity index (χ4n) is 0.952. The van der Waals surface area contributed by atoms with Crippen molar-refractivity contribution in [3.8, 4) is 0 Å². The number of rotatable bonds is 4. The standard InChI is InChI=1S/C8H8ClFN2O3S/c9-4-16(14,15)12-7-3-5(8(11)13)1-2-6(7)10/h1-3,12H,4H2,(H2,11,13). The zero-order chi connectivity index (χ0) is 12.3. The molecule has 0 saturated carbocycles. The van der Waals surface area contributed by atoms with Gasteiger partial charge in [0.1, 0.15) is 11.0 Å². The molecule has 5 nitrogen and oxygen atoms in total. The Hall–Kier alpha value is -1.34. The molecule has 0 unspecified atom stereocenters. The molecule has 0 radical (unpaired) electrons. The van der Waals surface area contributed by atoms with Gasteiger partial charge in [0.25, 0.3) is 0 Å². The number of hydrogen-bond donors (Lipinski definition) is 2. The number of hydrogen-bond acceptors (Lipinski definition) is 3. The molecule has 0 aromatic heterocycles. The molecular formula is C8H8ClFN2O3S. The number of anilines is 1. The number of carbonyl (C=O) groups excluding carboxylic acids is 1. The topological polar surface area (TPSA) is 89.3 Å². The predicted molar refractivity (Wildman–Crippen MR) is 58.2 cm³/mol. The molecule has 88 valence electrons. The minimum absolute atomic E-state index is 0.00586. The molecule has 0 fully saturated rings. The van der Waals surface area contributed by atoms with Crippen LogP contribution in [0.2, 0.25) is 0 Å². The van der Waals surface area contributed by atoms with Crippen molar-refractivity contribution in [2.45, 2.75) is 0 Å². The van der Waals surface area contributed by atoms with E-state index in [1.54, 1.807) is 0 Å². The van der Waals surface area contributed by atoms with Gasteiger partial charge in [-0.15, -0.1) is 11.6 Å². The lowest BCUT2D eigenvalue weighted by molar-refractivity contribution is 0.100. The fraction of sp³-hybridized carbons (Fsp3) is 0.125. The maximum atomic E-state index is 13.2. The molecule has 0 spiro atoms. The van der Waals surface area contributed by atoms with Gasteiger partial charge in [-0.25, -0.2) is 12.8 Å². The SMILES string of the molecule is NC(=O)c1ccc(F)c(NS(=O)(=O)CCl)c1. The zero-order valence-corrected chi connectivity index (χ0v) is 9.48. The van der Waals surface area contributed by atoms with E-state index in [0.29, 0.717) is 0 Å². The molecule has 0 aliphatic carbocycles. The highest BCUT2D eigenvalue weighted by molar-refractivity contribution is 7.93. The third-order valence-corrected chi connectivity index (χ3v) is 3.34. The molecule has 0 bridgehead atoms. The molecule has 16 heavy (non-hydrogen) atoms. The van der Waals surface area contributed by atoms with Gasteiger partial charge >= 0.3 is 0 Å². The monoisotopic (exact) mass is 266 g/mol. The van der Waals surface area contributed by atoms with Gasteiger partial charge in [-0.2, -0.15) is 0 Å². The third-order valence-electron chi connectivity index (χ3n) is 1.66. The van der Waals surface area contributed by atoms with Gasteiger partial charge in [0, 0.05) is 5.56 Å². The number of nitrogens with two attached hydrogens (primary N) is 1. The van der Waals surface area contributed by atoms with Crippen LogP contribution in [0, 0.1) is 5.82 Å². The largest absolute Gasteiger partial charge is 0.366 e. The second-order valence-electron chi connectivity index (χ2n) is 2.88. The summed E-state index contributed by atoms with van der Waals surface area (Å²) in [7, 11) is -3.81. The van der Waals surface area contributed by atoms with Crippen molar-refractivity contribution in [2.75, 3.05) is 9.93 Å². The fourth-order valence-corrected chi connectivity index (χ4v) is 1.66. The Labute approximate surface area is 96.4 Å². The molecule has 0 saturated heterocycles. The van der Waals surface area contributed by atoms with Crippen LogP contribution in [0.4, 0.5) is 10.1 Å². The Bertz CT molecular complexity index is 518. The van der Waals surface area contributed by atoms with E-state index in [1.165, 1.54) is 0 Å². The van der Waals surface area contributed by atoms with E-state index in [0.717, 1.165) is 18.2 Å². The van der Waals surface area contributed by atoms with Crippen LogP contribution in [0.5, 0.6) is 0 Å². The molecule has 8 heteroatoms. The normalized spacial score (nSPS) is 11.1. The van der Waals surface area contributed by atoms with Crippen molar-refractivity contribution in [1.29, 1.82) is 0 Å². The number of nitrogens with one attached hydrogen (secondary N) is 1. The minimum Gasteiger partial charge on any atom is -0.366 e. The summed E-state index contributed by atoms with van der Waals surface area (Å²) in [5, 5.41) is -0.715. The average molecular weight is 267 g/mol. The summed E-state index contributed by atoms with van der Waals surface area (Å²) in [6.45, 7) is 0. The van der Waals surface area contributed by atoms with Crippen LogP contribution in [0.15, 0.2) is 18.2 Å². The van der Waals surface area contributed by atoms with Crippen molar-refractivity contribution in [3.05, 3.63) is 29.6 Å². The maximum Gasteiger partial charge on any atom is 0.248 e. The summed E-state index contributed by atoms with van der Waals surface area (Å²) < 4.78 is 37.2. The van der Waals surface area contributed by atoms with Crippen LogP contribution in [-0.4, -0.2) is 19.5 Å². The lowest BCUT2D eigenvalue weighted by Crippen LogP contribution is -2.16.